The van der Waals surface area contributed by atoms with Crippen molar-refractivity contribution in [3.63, 3.8) is 0 Å². The van der Waals surface area contributed by atoms with Gasteiger partial charge in [0.25, 0.3) is 10.0 Å². The van der Waals surface area contributed by atoms with Crippen molar-refractivity contribution >= 4 is 27.0 Å². The summed E-state index contributed by atoms with van der Waals surface area (Å²) in [5.74, 6) is 1.10. The lowest BCUT2D eigenvalue weighted by Crippen LogP contribution is -2.12. The average molecular weight is 359 g/mol. The number of hydrogen-bond acceptors (Lipinski definition) is 4. The molecular formula is C18H17NO3S2. The van der Waals surface area contributed by atoms with Gasteiger partial charge in [-0.05, 0) is 42.8 Å². The Morgan fingerprint density at radius 3 is 2.38 bits per heavy atom. The topological polar surface area (TPSA) is 55.4 Å². The van der Waals surface area contributed by atoms with Crippen LogP contribution >= 0.6 is 11.3 Å². The molecule has 0 saturated carbocycles. The molecule has 24 heavy (non-hydrogen) atoms. The van der Waals surface area contributed by atoms with Crippen LogP contribution in [0, 0.1) is 0 Å². The van der Waals surface area contributed by atoms with Crippen LogP contribution in [-0.2, 0) is 16.4 Å². The summed E-state index contributed by atoms with van der Waals surface area (Å²) in [4.78, 5) is 1.03. The maximum atomic E-state index is 12.6. The second-order valence-electron chi connectivity index (χ2n) is 5.09. The Morgan fingerprint density at radius 1 is 0.958 bits per heavy atom. The molecule has 3 aromatic rings. The molecule has 0 unspecified atom stereocenters. The van der Waals surface area contributed by atoms with Crippen molar-refractivity contribution in [2.45, 2.75) is 17.6 Å². The van der Waals surface area contributed by atoms with E-state index in [2.05, 4.69) is 4.72 Å². The Morgan fingerprint density at radius 2 is 1.67 bits per heavy atom. The fraction of sp³-hybridized carbons (Fsp3) is 0.111. The Bertz CT molecular complexity index is 918. The van der Waals surface area contributed by atoms with Crippen LogP contribution in [0.3, 0.4) is 0 Å². The molecule has 1 heterocycles. The monoisotopic (exact) mass is 359 g/mol. The zero-order chi connectivity index (χ0) is 17.0. The van der Waals surface area contributed by atoms with E-state index in [9.17, 15) is 8.42 Å². The fourth-order valence-electron chi connectivity index (χ4n) is 2.14. The van der Waals surface area contributed by atoms with Crippen LogP contribution < -0.4 is 9.46 Å². The highest BCUT2D eigenvalue weighted by atomic mass is 32.2. The lowest BCUT2D eigenvalue weighted by Gasteiger charge is -2.12. The molecular weight excluding hydrogens is 342 g/mol. The first-order valence-corrected chi connectivity index (χ1v) is 9.82. The van der Waals surface area contributed by atoms with E-state index in [1.807, 2.05) is 43.3 Å². The summed E-state index contributed by atoms with van der Waals surface area (Å²) in [5, 5.41) is 0. The number of hydrogen-bond donors (Lipinski definition) is 1. The van der Waals surface area contributed by atoms with E-state index in [0.717, 1.165) is 11.3 Å². The minimum atomic E-state index is -3.63. The average Bonchev–Trinajstić information content (AvgIpc) is 3.08. The quantitative estimate of drug-likeness (QED) is 0.681. The lowest BCUT2D eigenvalue weighted by molar-refractivity contribution is 0.485. The molecule has 6 heteroatoms. The summed E-state index contributed by atoms with van der Waals surface area (Å²) in [5.41, 5.74) is 0.410. The number of nitrogens with one attached hydrogen (secondary N) is 1. The first-order valence-electron chi connectivity index (χ1n) is 7.52. The van der Waals surface area contributed by atoms with Gasteiger partial charge in [0.2, 0.25) is 0 Å². The van der Waals surface area contributed by atoms with E-state index in [-0.39, 0.29) is 0 Å². The molecule has 0 aliphatic heterocycles. The molecule has 0 radical (unpaired) electrons. The molecule has 0 saturated heterocycles. The van der Waals surface area contributed by atoms with E-state index < -0.39 is 10.0 Å². The van der Waals surface area contributed by atoms with E-state index in [4.69, 9.17) is 4.74 Å². The van der Waals surface area contributed by atoms with Crippen LogP contribution in [0.5, 0.6) is 11.5 Å². The third-order valence-electron chi connectivity index (χ3n) is 3.35. The number of sulfonamides is 1. The third kappa shape index (κ3) is 3.77. The number of benzene rings is 2. The molecule has 0 bridgehead atoms. The minimum Gasteiger partial charge on any atom is -0.455 e. The Hall–Kier alpha value is -2.31. The second-order valence-corrected chi connectivity index (χ2v) is 8.17. The van der Waals surface area contributed by atoms with Crippen molar-refractivity contribution in [2.24, 2.45) is 0 Å². The summed E-state index contributed by atoms with van der Waals surface area (Å²) in [6.45, 7) is 2.00. The predicted octanol–water partition coefficient (Wildman–Crippen LogP) is 4.90. The normalized spacial score (nSPS) is 11.2. The van der Waals surface area contributed by atoms with Gasteiger partial charge in [0.05, 0.1) is 5.69 Å². The molecule has 1 N–H and O–H groups in total. The predicted molar refractivity (Wildman–Crippen MR) is 97.5 cm³/mol. The summed E-state index contributed by atoms with van der Waals surface area (Å²) in [6.07, 6.45) is 0.813. The molecule has 3 rings (SSSR count). The molecule has 0 fully saturated rings. The van der Waals surface area contributed by atoms with Crippen molar-refractivity contribution in [1.29, 1.82) is 0 Å². The van der Waals surface area contributed by atoms with Crippen LogP contribution in [0.15, 0.2) is 70.9 Å². The molecule has 0 amide bonds. The first-order chi connectivity index (χ1) is 11.6. The van der Waals surface area contributed by atoms with Crippen LogP contribution in [0.1, 0.15) is 11.8 Å². The van der Waals surface area contributed by atoms with Crippen molar-refractivity contribution in [1.82, 2.24) is 0 Å². The van der Waals surface area contributed by atoms with E-state index in [0.29, 0.717) is 21.4 Å². The lowest BCUT2D eigenvalue weighted by atomic mass is 10.3. The highest BCUT2D eigenvalue weighted by Crippen LogP contribution is 2.32. The van der Waals surface area contributed by atoms with Crippen molar-refractivity contribution in [2.75, 3.05) is 4.72 Å². The molecule has 0 aliphatic rings. The summed E-state index contributed by atoms with van der Waals surface area (Å²) in [6, 6.07) is 19.7. The second kappa shape index (κ2) is 7.07. The minimum absolute atomic E-state index is 0.300. The van der Waals surface area contributed by atoms with Gasteiger partial charge in [-0.25, -0.2) is 8.42 Å². The summed E-state index contributed by atoms with van der Waals surface area (Å²) >= 11 is 1.28. The molecule has 124 valence electrons. The molecule has 0 atom stereocenters. The smallest absolute Gasteiger partial charge is 0.271 e. The van der Waals surface area contributed by atoms with E-state index >= 15 is 0 Å². The zero-order valence-electron chi connectivity index (χ0n) is 13.1. The van der Waals surface area contributed by atoms with Gasteiger partial charge < -0.3 is 4.74 Å². The summed E-state index contributed by atoms with van der Waals surface area (Å²) < 4.78 is 33.9. The highest BCUT2D eigenvalue weighted by molar-refractivity contribution is 7.94. The summed E-state index contributed by atoms with van der Waals surface area (Å²) in [7, 11) is -3.63. The zero-order valence-corrected chi connectivity index (χ0v) is 14.7. The van der Waals surface area contributed by atoms with Crippen molar-refractivity contribution in [3.05, 3.63) is 71.6 Å². The van der Waals surface area contributed by atoms with Crippen LogP contribution in [0.25, 0.3) is 0 Å². The number of aryl methyl sites for hydroxylation is 1. The molecule has 1 aromatic heterocycles. The number of anilines is 1. The fourth-order valence-corrected chi connectivity index (χ4v) is 4.51. The van der Waals surface area contributed by atoms with Gasteiger partial charge in [0.1, 0.15) is 9.96 Å². The van der Waals surface area contributed by atoms with Gasteiger partial charge in [0.15, 0.2) is 5.75 Å². The largest absolute Gasteiger partial charge is 0.455 e. The van der Waals surface area contributed by atoms with Gasteiger partial charge in [0, 0.05) is 4.88 Å². The molecule has 0 spiro atoms. The van der Waals surface area contributed by atoms with Crippen LogP contribution in [0.2, 0.25) is 0 Å². The Labute approximate surface area is 145 Å². The van der Waals surface area contributed by atoms with Crippen molar-refractivity contribution < 1.29 is 13.2 Å². The third-order valence-corrected chi connectivity index (χ3v) is 6.44. The number of ether oxygens (including phenoxy) is 1. The Balaban J connectivity index is 1.87. The number of para-hydroxylation sites is 3. The van der Waals surface area contributed by atoms with Crippen LogP contribution in [0.4, 0.5) is 5.69 Å². The van der Waals surface area contributed by atoms with Crippen LogP contribution in [-0.4, -0.2) is 8.42 Å². The maximum Gasteiger partial charge on any atom is 0.271 e. The van der Waals surface area contributed by atoms with Gasteiger partial charge >= 0.3 is 0 Å². The van der Waals surface area contributed by atoms with Gasteiger partial charge in [-0.1, -0.05) is 37.3 Å². The number of rotatable bonds is 6. The van der Waals surface area contributed by atoms with Gasteiger partial charge in [-0.3, -0.25) is 4.72 Å². The number of thiophene rings is 1. The van der Waals surface area contributed by atoms with Crippen molar-refractivity contribution in [3.8, 4) is 11.5 Å². The molecule has 0 aliphatic carbocycles. The van der Waals surface area contributed by atoms with E-state index in [1.165, 1.54) is 11.3 Å². The SMILES string of the molecule is CCc1ccc(S(=O)(=O)Nc2ccccc2Oc2ccccc2)s1. The maximum absolute atomic E-state index is 12.6. The standard InChI is InChI=1S/C18H17NO3S2/c1-2-15-12-13-18(23-15)24(20,21)19-16-10-6-7-11-17(16)22-14-8-4-3-5-9-14/h3-13,19H,2H2,1H3. The van der Waals surface area contributed by atoms with Gasteiger partial charge in [-0.2, -0.15) is 0 Å². The molecule has 4 nitrogen and oxygen atoms in total. The Kier molecular flexibility index (Phi) is 4.87. The first kappa shape index (κ1) is 16.5. The molecule has 2 aromatic carbocycles. The highest BCUT2D eigenvalue weighted by Gasteiger charge is 2.18. The van der Waals surface area contributed by atoms with Gasteiger partial charge in [-0.15, -0.1) is 11.3 Å². The van der Waals surface area contributed by atoms with E-state index in [1.54, 1.807) is 30.3 Å².